The summed E-state index contributed by atoms with van der Waals surface area (Å²) in [7, 11) is 0. The minimum atomic E-state index is -0.917. The highest BCUT2D eigenvalue weighted by molar-refractivity contribution is 5.96. The Morgan fingerprint density at radius 2 is 1.45 bits per heavy atom. The molecule has 0 aliphatic rings. The number of halogens is 1. The predicted octanol–water partition coefficient (Wildman–Crippen LogP) is 6.68. The standard InChI is InChI=1S/C32H32FNO6/c33-26-12-16-28(17-13-26)40-20-2-1-19-39-27-14-9-23(10-15-27)8-11-24-5-3-6-29-32(24)25(21-31(37)38)22-34(29)18-4-7-30(35)36/h3,5-6,8-17,22H,1-2,4,7,18-21H2,(H,35,36)(H,37,38)/b11-8+. The van der Waals surface area contributed by atoms with E-state index in [-0.39, 0.29) is 18.7 Å². The molecule has 40 heavy (non-hydrogen) atoms. The molecule has 4 aromatic rings. The van der Waals surface area contributed by atoms with E-state index in [4.69, 9.17) is 14.6 Å². The van der Waals surface area contributed by atoms with Crippen LogP contribution in [0.3, 0.4) is 0 Å². The number of aromatic nitrogens is 1. The van der Waals surface area contributed by atoms with Crippen LogP contribution in [0.5, 0.6) is 11.5 Å². The molecule has 208 valence electrons. The lowest BCUT2D eigenvalue weighted by atomic mass is 10.0. The van der Waals surface area contributed by atoms with Crippen molar-refractivity contribution in [3.05, 3.63) is 95.4 Å². The van der Waals surface area contributed by atoms with Crippen molar-refractivity contribution >= 4 is 35.0 Å². The topological polar surface area (TPSA) is 98.0 Å². The molecule has 0 fully saturated rings. The maximum atomic E-state index is 12.9. The fourth-order valence-electron chi connectivity index (χ4n) is 4.47. The molecule has 0 radical (unpaired) electrons. The molecule has 8 heteroatoms. The molecule has 2 N–H and O–H groups in total. The van der Waals surface area contributed by atoms with Crippen molar-refractivity contribution < 1.29 is 33.7 Å². The molecule has 4 rings (SSSR count). The molecule has 0 unspecified atom stereocenters. The number of benzene rings is 3. The van der Waals surface area contributed by atoms with Gasteiger partial charge in [-0.1, -0.05) is 36.4 Å². The average Bonchev–Trinajstić information content (AvgIpc) is 3.28. The molecule has 0 amide bonds. The smallest absolute Gasteiger partial charge is 0.307 e. The number of carbonyl (C=O) groups is 2. The molecule has 0 aliphatic heterocycles. The lowest BCUT2D eigenvalue weighted by molar-refractivity contribution is -0.137. The highest BCUT2D eigenvalue weighted by Crippen LogP contribution is 2.28. The molecule has 1 heterocycles. The van der Waals surface area contributed by atoms with Crippen molar-refractivity contribution in [1.29, 1.82) is 0 Å². The van der Waals surface area contributed by atoms with Crippen molar-refractivity contribution in [2.24, 2.45) is 0 Å². The summed E-state index contributed by atoms with van der Waals surface area (Å²) in [5.74, 6) is -0.643. The number of carboxylic acids is 2. The summed E-state index contributed by atoms with van der Waals surface area (Å²) < 4.78 is 26.3. The Morgan fingerprint density at radius 3 is 2.08 bits per heavy atom. The summed E-state index contributed by atoms with van der Waals surface area (Å²) in [4.78, 5) is 22.4. The zero-order valence-electron chi connectivity index (χ0n) is 22.1. The number of rotatable bonds is 15. The van der Waals surface area contributed by atoms with Crippen LogP contribution in [0.1, 0.15) is 42.4 Å². The van der Waals surface area contributed by atoms with Gasteiger partial charge in [0.25, 0.3) is 0 Å². The van der Waals surface area contributed by atoms with Crippen LogP contribution in [0, 0.1) is 5.82 Å². The SMILES string of the molecule is O=C(O)CCCn1cc(CC(=O)O)c2c(/C=C/c3ccc(OCCCCOc4ccc(F)cc4)cc3)cccc21. The Kier molecular flexibility index (Phi) is 9.93. The van der Waals surface area contributed by atoms with Gasteiger partial charge in [-0.3, -0.25) is 9.59 Å². The molecule has 1 aromatic heterocycles. The minimum Gasteiger partial charge on any atom is -0.494 e. The summed E-state index contributed by atoms with van der Waals surface area (Å²) in [6.45, 7) is 1.59. The maximum absolute atomic E-state index is 12.9. The summed E-state index contributed by atoms with van der Waals surface area (Å²) in [5.41, 5.74) is 3.45. The number of fused-ring (bicyclic) bond motifs is 1. The second kappa shape index (κ2) is 14.0. The van der Waals surface area contributed by atoms with Crippen LogP contribution in [-0.4, -0.2) is 39.9 Å². The van der Waals surface area contributed by atoms with Crippen molar-refractivity contribution in [3.8, 4) is 11.5 Å². The van der Waals surface area contributed by atoms with Crippen molar-refractivity contribution in [3.63, 3.8) is 0 Å². The first kappa shape index (κ1) is 28.4. The largest absolute Gasteiger partial charge is 0.494 e. The molecule has 7 nitrogen and oxygen atoms in total. The summed E-state index contributed by atoms with van der Waals surface area (Å²) in [6, 6.07) is 19.5. The Morgan fingerprint density at radius 1 is 0.800 bits per heavy atom. The molecule has 0 aliphatic carbocycles. The van der Waals surface area contributed by atoms with Gasteiger partial charge < -0.3 is 24.3 Å². The highest BCUT2D eigenvalue weighted by atomic mass is 19.1. The van der Waals surface area contributed by atoms with Crippen LogP contribution in [-0.2, 0) is 22.6 Å². The number of hydrogen-bond donors (Lipinski definition) is 2. The molecule has 0 spiro atoms. The van der Waals surface area contributed by atoms with Gasteiger partial charge in [0.1, 0.15) is 17.3 Å². The number of carboxylic acid groups (broad SMARTS) is 2. The summed E-state index contributed by atoms with van der Waals surface area (Å²) >= 11 is 0. The van der Waals surface area contributed by atoms with Crippen LogP contribution >= 0.6 is 0 Å². The van der Waals surface area contributed by atoms with Gasteiger partial charge in [-0.25, -0.2) is 4.39 Å². The molecule has 0 saturated carbocycles. The molecular weight excluding hydrogens is 513 g/mol. The Labute approximate surface area is 232 Å². The van der Waals surface area contributed by atoms with E-state index in [9.17, 15) is 19.1 Å². The summed E-state index contributed by atoms with van der Waals surface area (Å²) in [6.07, 6.45) is 7.79. The normalized spacial score (nSPS) is 11.2. The van der Waals surface area contributed by atoms with Crippen molar-refractivity contribution in [2.75, 3.05) is 13.2 Å². The van der Waals surface area contributed by atoms with E-state index >= 15 is 0 Å². The first-order valence-electron chi connectivity index (χ1n) is 13.2. The van der Waals surface area contributed by atoms with Gasteiger partial charge >= 0.3 is 11.9 Å². The first-order chi connectivity index (χ1) is 19.4. The Bertz CT molecular complexity index is 1460. The van der Waals surface area contributed by atoms with Gasteiger partial charge in [-0.05, 0) is 78.4 Å². The Hall–Kier alpha value is -4.59. The predicted molar refractivity (Wildman–Crippen MR) is 152 cm³/mol. The molecule has 3 aromatic carbocycles. The monoisotopic (exact) mass is 545 g/mol. The first-order valence-corrected chi connectivity index (χ1v) is 13.2. The van der Waals surface area contributed by atoms with E-state index in [0.29, 0.717) is 37.5 Å². The van der Waals surface area contributed by atoms with Crippen LogP contribution in [0.25, 0.3) is 23.1 Å². The van der Waals surface area contributed by atoms with E-state index in [1.807, 2.05) is 65.4 Å². The third kappa shape index (κ3) is 8.20. The van der Waals surface area contributed by atoms with Crippen molar-refractivity contribution in [1.82, 2.24) is 4.57 Å². The van der Waals surface area contributed by atoms with Gasteiger partial charge in [-0.2, -0.15) is 0 Å². The lowest BCUT2D eigenvalue weighted by Crippen LogP contribution is -2.02. The number of hydrogen-bond acceptors (Lipinski definition) is 4. The maximum Gasteiger partial charge on any atom is 0.307 e. The van der Waals surface area contributed by atoms with Gasteiger partial charge in [0.05, 0.1) is 19.6 Å². The highest BCUT2D eigenvalue weighted by Gasteiger charge is 2.14. The van der Waals surface area contributed by atoms with E-state index in [2.05, 4.69) is 0 Å². The zero-order valence-corrected chi connectivity index (χ0v) is 22.1. The molecule has 0 saturated heterocycles. The van der Waals surface area contributed by atoms with Gasteiger partial charge in [-0.15, -0.1) is 0 Å². The fraction of sp³-hybridized carbons (Fsp3) is 0.250. The van der Waals surface area contributed by atoms with E-state index in [1.54, 1.807) is 12.1 Å². The third-order valence-corrected chi connectivity index (χ3v) is 6.37. The second-order valence-electron chi connectivity index (χ2n) is 9.42. The zero-order chi connectivity index (χ0) is 28.3. The summed E-state index contributed by atoms with van der Waals surface area (Å²) in [5, 5.41) is 19.3. The average molecular weight is 546 g/mol. The van der Waals surface area contributed by atoms with Crippen molar-refractivity contribution in [2.45, 2.75) is 38.6 Å². The Balaban J connectivity index is 1.34. The van der Waals surface area contributed by atoms with E-state index in [1.165, 1.54) is 12.1 Å². The van der Waals surface area contributed by atoms with Gasteiger partial charge in [0.15, 0.2) is 0 Å². The third-order valence-electron chi connectivity index (χ3n) is 6.37. The van der Waals surface area contributed by atoms with Crippen LogP contribution in [0.15, 0.2) is 72.9 Å². The second-order valence-corrected chi connectivity index (χ2v) is 9.42. The molecule has 0 bridgehead atoms. The van der Waals surface area contributed by atoms with Crippen LogP contribution < -0.4 is 9.47 Å². The van der Waals surface area contributed by atoms with E-state index in [0.717, 1.165) is 40.6 Å². The molecular formula is C32H32FNO6. The quantitative estimate of drug-likeness (QED) is 0.128. The van der Waals surface area contributed by atoms with Crippen LogP contribution in [0.2, 0.25) is 0 Å². The number of aliphatic carboxylic acids is 2. The minimum absolute atomic E-state index is 0.0547. The molecule has 0 atom stereocenters. The van der Waals surface area contributed by atoms with Gasteiger partial charge in [0, 0.05) is 30.1 Å². The lowest BCUT2D eigenvalue weighted by Gasteiger charge is -2.08. The van der Waals surface area contributed by atoms with Crippen LogP contribution in [0.4, 0.5) is 4.39 Å². The number of nitrogens with zero attached hydrogens (tertiary/aromatic N) is 1. The van der Waals surface area contributed by atoms with Gasteiger partial charge in [0.2, 0.25) is 0 Å². The number of unbranched alkanes of at least 4 members (excludes halogenated alkanes) is 1. The van der Waals surface area contributed by atoms with E-state index < -0.39 is 11.9 Å². The fourth-order valence-corrected chi connectivity index (χ4v) is 4.47. The number of aryl methyl sites for hydroxylation is 1. The number of ether oxygens (including phenoxy) is 2.